The lowest BCUT2D eigenvalue weighted by Crippen LogP contribution is -2.25. The number of hydrogen-bond donors (Lipinski definition) is 1. The maximum absolute atomic E-state index is 9.26. The van der Waals surface area contributed by atoms with Gasteiger partial charge in [0.05, 0.1) is 13.2 Å². The molecule has 0 heterocycles. The zero-order valence-corrected chi connectivity index (χ0v) is 12.3. The molecule has 0 amide bonds. The number of hydrogen-bond acceptors (Lipinski definition) is 2. The Kier molecular flexibility index (Phi) is 4.80. The van der Waals surface area contributed by atoms with Gasteiger partial charge in [-0.3, -0.25) is 0 Å². The van der Waals surface area contributed by atoms with Crippen molar-refractivity contribution in [3.8, 4) is 5.75 Å². The van der Waals surface area contributed by atoms with Gasteiger partial charge >= 0.3 is 0 Å². The predicted octanol–water partition coefficient (Wildman–Crippen LogP) is 4.02. The van der Waals surface area contributed by atoms with Crippen molar-refractivity contribution in [2.45, 2.75) is 41.0 Å². The van der Waals surface area contributed by atoms with E-state index in [1.54, 1.807) is 12.1 Å². The van der Waals surface area contributed by atoms with Crippen molar-refractivity contribution in [3.05, 3.63) is 29.8 Å². The summed E-state index contributed by atoms with van der Waals surface area (Å²) in [6, 6.07) is 7.42. The van der Waals surface area contributed by atoms with E-state index in [9.17, 15) is 5.11 Å². The van der Waals surface area contributed by atoms with Gasteiger partial charge < -0.3 is 9.84 Å². The van der Waals surface area contributed by atoms with Gasteiger partial charge in [-0.15, -0.1) is 0 Å². The lowest BCUT2D eigenvalue weighted by molar-refractivity contribution is 0.0213. The molecule has 0 saturated carbocycles. The first kappa shape index (κ1) is 15.0. The molecule has 0 spiro atoms. The van der Waals surface area contributed by atoms with Gasteiger partial charge in [0, 0.05) is 0 Å². The molecule has 0 radical (unpaired) electrons. The lowest BCUT2D eigenvalue weighted by Gasteiger charge is -2.27. The van der Waals surface area contributed by atoms with Crippen LogP contribution in [-0.2, 0) is 11.2 Å². The first-order valence-electron chi connectivity index (χ1n) is 6.54. The number of ether oxygens (including phenoxy) is 1. The Balaban J connectivity index is 2.46. The molecular formula is C16H26O2. The van der Waals surface area contributed by atoms with Crippen LogP contribution in [0.15, 0.2) is 24.3 Å². The minimum absolute atomic E-state index is 0.113. The van der Waals surface area contributed by atoms with Crippen molar-refractivity contribution in [3.63, 3.8) is 0 Å². The monoisotopic (exact) mass is 250 g/mol. The molecule has 1 rings (SSSR count). The predicted molar refractivity (Wildman–Crippen MR) is 75.9 cm³/mol. The third kappa shape index (κ3) is 6.06. The van der Waals surface area contributed by atoms with E-state index in [0.29, 0.717) is 5.75 Å². The van der Waals surface area contributed by atoms with Crippen molar-refractivity contribution in [1.29, 1.82) is 0 Å². The fourth-order valence-electron chi connectivity index (χ4n) is 1.85. The molecular weight excluding hydrogens is 224 g/mol. The molecule has 0 bridgehead atoms. The molecule has 1 aromatic rings. The molecule has 1 aromatic carbocycles. The first-order valence-corrected chi connectivity index (χ1v) is 6.54. The standard InChI is InChI=1S/C16H26O2/c1-15(2,3)11-18-12-16(4,5)10-13-6-8-14(17)9-7-13/h6-9,17H,10-12H2,1-5H3. The van der Waals surface area contributed by atoms with Gasteiger partial charge in [-0.2, -0.15) is 0 Å². The van der Waals surface area contributed by atoms with Gasteiger partial charge in [0.2, 0.25) is 0 Å². The first-order chi connectivity index (χ1) is 8.18. The van der Waals surface area contributed by atoms with Crippen molar-refractivity contribution in [1.82, 2.24) is 0 Å². The number of phenols is 1. The molecule has 0 saturated heterocycles. The van der Waals surface area contributed by atoms with Crippen LogP contribution in [0.1, 0.15) is 40.2 Å². The smallest absolute Gasteiger partial charge is 0.115 e. The van der Waals surface area contributed by atoms with Gasteiger partial charge in [-0.1, -0.05) is 46.8 Å². The normalized spacial score (nSPS) is 12.7. The van der Waals surface area contributed by atoms with Gasteiger partial charge in [0.1, 0.15) is 5.75 Å². The second-order valence-electron chi connectivity index (χ2n) is 7.06. The van der Waals surface area contributed by atoms with Crippen LogP contribution in [0.25, 0.3) is 0 Å². The maximum atomic E-state index is 9.26. The van der Waals surface area contributed by atoms with Gasteiger partial charge in [0.15, 0.2) is 0 Å². The summed E-state index contributed by atoms with van der Waals surface area (Å²) in [4.78, 5) is 0. The van der Waals surface area contributed by atoms with Crippen molar-refractivity contribution < 1.29 is 9.84 Å². The van der Waals surface area contributed by atoms with Crippen molar-refractivity contribution in [2.24, 2.45) is 10.8 Å². The van der Waals surface area contributed by atoms with E-state index in [0.717, 1.165) is 19.6 Å². The summed E-state index contributed by atoms with van der Waals surface area (Å²) < 4.78 is 5.81. The summed E-state index contributed by atoms with van der Waals surface area (Å²) in [7, 11) is 0. The number of aromatic hydroxyl groups is 1. The quantitative estimate of drug-likeness (QED) is 0.855. The lowest BCUT2D eigenvalue weighted by atomic mass is 9.86. The van der Waals surface area contributed by atoms with E-state index < -0.39 is 0 Å². The summed E-state index contributed by atoms with van der Waals surface area (Å²) in [5.74, 6) is 0.320. The largest absolute Gasteiger partial charge is 0.508 e. The van der Waals surface area contributed by atoms with Crippen LogP contribution in [-0.4, -0.2) is 18.3 Å². The third-order valence-corrected chi connectivity index (χ3v) is 2.65. The second-order valence-corrected chi connectivity index (χ2v) is 7.06. The van der Waals surface area contributed by atoms with E-state index in [2.05, 4.69) is 34.6 Å². The molecule has 0 aromatic heterocycles. The molecule has 0 atom stereocenters. The topological polar surface area (TPSA) is 29.5 Å². The highest BCUT2D eigenvalue weighted by atomic mass is 16.5. The van der Waals surface area contributed by atoms with Crippen LogP contribution in [0.5, 0.6) is 5.75 Å². The van der Waals surface area contributed by atoms with Gasteiger partial charge in [-0.05, 0) is 34.9 Å². The molecule has 0 aliphatic heterocycles. The number of benzene rings is 1. The Bertz CT molecular complexity index is 358. The van der Waals surface area contributed by atoms with Crippen LogP contribution in [0.3, 0.4) is 0 Å². The Morgan fingerprint density at radius 3 is 2.00 bits per heavy atom. The third-order valence-electron chi connectivity index (χ3n) is 2.65. The average Bonchev–Trinajstić information content (AvgIpc) is 2.18. The molecule has 0 unspecified atom stereocenters. The summed E-state index contributed by atoms with van der Waals surface area (Å²) in [6.07, 6.45) is 0.956. The molecule has 0 aliphatic rings. The zero-order valence-electron chi connectivity index (χ0n) is 12.3. The Morgan fingerprint density at radius 2 is 1.50 bits per heavy atom. The minimum Gasteiger partial charge on any atom is -0.508 e. The Hall–Kier alpha value is -1.02. The molecule has 0 aliphatic carbocycles. The van der Waals surface area contributed by atoms with E-state index in [-0.39, 0.29) is 10.8 Å². The van der Waals surface area contributed by atoms with Crippen LogP contribution in [0.4, 0.5) is 0 Å². The second kappa shape index (κ2) is 5.75. The van der Waals surface area contributed by atoms with Crippen LogP contribution in [0.2, 0.25) is 0 Å². The highest BCUT2D eigenvalue weighted by Gasteiger charge is 2.20. The maximum Gasteiger partial charge on any atom is 0.115 e. The van der Waals surface area contributed by atoms with Crippen LogP contribution in [0, 0.1) is 10.8 Å². The van der Waals surface area contributed by atoms with E-state index in [1.807, 2.05) is 12.1 Å². The Morgan fingerprint density at radius 1 is 0.944 bits per heavy atom. The van der Waals surface area contributed by atoms with Crippen molar-refractivity contribution >= 4 is 0 Å². The Labute approximate surface area is 111 Å². The fraction of sp³-hybridized carbons (Fsp3) is 0.625. The summed E-state index contributed by atoms with van der Waals surface area (Å²) >= 11 is 0. The zero-order chi connectivity index (χ0) is 13.8. The highest BCUT2D eigenvalue weighted by Crippen LogP contribution is 2.24. The van der Waals surface area contributed by atoms with Crippen LogP contribution >= 0.6 is 0 Å². The van der Waals surface area contributed by atoms with E-state index >= 15 is 0 Å². The molecule has 2 heteroatoms. The van der Waals surface area contributed by atoms with Gasteiger partial charge in [-0.25, -0.2) is 0 Å². The van der Waals surface area contributed by atoms with Crippen molar-refractivity contribution in [2.75, 3.05) is 13.2 Å². The summed E-state index contributed by atoms with van der Waals surface area (Å²) in [5, 5.41) is 9.26. The molecule has 18 heavy (non-hydrogen) atoms. The summed E-state index contributed by atoms with van der Waals surface area (Å²) in [5.41, 5.74) is 1.56. The molecule has 2 nitrogen and oxygen atoms in total. The van der Waals surface area contributed by atoms with E-state index in [1.165, 1.54) is 5.56 Å². The molecule has 1 N–H and O–H groups in total. The SMILES string of the molecule is CC(C)(C)COCC(C)(C)Cc1ccc(O)cc1. The summed E-state index contributed by atoms with van der Waals surface area (Å²) in [6.45, 7) is 12.5. The van der Waals surface area contributed by atoms with Crippen LogP contribution < -0.4 is 0 Å². The number of phenolic OH excluding ortho intramolecular Hbond substituents is 1. The van der Waals surface area contributed by atoms with Gasteiger partial charge in [0.25, 0.3) is 0 Å². The van der Waals surface area contributed by atoms with E-state index in [4.69, 9.17) is 4.74 Å². The average molecular weight is 250 g/mol. The molecule has 102 valence electrons. The fourth-order valence-corrected chi connectivity index (χ4v) is 1.85. The highest BCUT2D eigenvalue weighted by molar-refractivity contribution is 5.26. The minimum atomic E-state index is 0.113. The number of rotatable bonds is 5. The molecule has 0 fully saturated rings.